The van der Waals surface area contributed by atoms with Crippen LogP contribution in [0, 0.1) is 17.2 Å². The molecule has 1 N–H and O–H groups in total. The summed E-state index contributed by atoms with van der Waals surface area (Å²) in [5.74, 6) is 0.515. The third-order valence-electron chi connectivity index (χ3n) is 4.92. The van der Waals surface area contributed by atoms with E-state index in [0.717, 1.165) is 34.2 Å². The number of nitrogens with zero attached hydrogens (tertiary/aromatic N) is 6. The van der Waals surface area contributed by atoms with Crippen molar-refractivity contribution in [2.24, 2.45) is 5.92 Å². The zero-order valence-corrected chi connectivity index (χ0v) is 13.2. The van der Waals surface area contributed by atoms with Gasteiger partial charge in [0.1, 0.15) is 6.33 Å². The van der Waals surface area contributed by atoms with Crippen LogP contribution in [0.5, 0.6) is 0 Å². The van der Waals surface area contributed by atoms with Crippen LogP contribution in [0.4, 0.5) is 0 Å². The van der Waals surface area contributed by atoms with Gasteiger partial charge in [-0.2, -0.15) is 15.1 Å². The summed E-state index contributed by atoms with van der Waals surface area (Å²) in [7, 11) is 0. The monoisotopic (exact) mass is 322 g/mol. The summed E-state index contributed by atoms with van der Waals surface area (Å²) in [5.41, 5.74) is 2.08. The number of hydrogen-bond acceptors (Lipinski definition) is 5. The molecule has 1 saturated carbocycles. The maximum atomic E-state index is 9.76. The fourth-order valence-electron chi connectivity index (χ4n) is 3.72. The van der Waals surface area contributed by atoms with Gasteiger partial charge in [0.2, 0.25) is 0 Å². The van der Waals surface area contributed by atoms with Crippen LogP contribution >= 0.6 is 0 Å². The minimum atomic E-state index is 0.117. The molecular formula is C17H18N6O. The Kier molecular flexibility index (Phi) is 3.65. The first-order valence-corrected chi connectivity index (χ1v) is 8.20. The largest absolute Gasteiger partial charge is 0.427 e. The van der Waals surface area contributed by atoms with E-state index in [9.17, 15) is 10.5 Å². The molecule has 0 bridgehead atoms. The van der Waals surface area contributed by atoms with E-state index in [2.05, 4.69) is 21.1 Å². The van der Waals surface area contributed by atoms with Crippen molar-refractivity contribution in [3.05, 3.63) is 31.0 Å². The van der Waals surface area contributed by atoms with E-state index in [-0.39, 0.29) is 6.04 Å². The average Bonchev–Trinajstić information content (AvgIpc) is 3.34. The van der Waals surface area contributed by atoms with E-state index in [0.29, 0.717) is 18.0 Å². The lowest BCUT2D eigenvalue weighted by Crippen LogP contribution is -2.17. The van der Waals surface area contributed by atoms with Crippen molar-refractivity contribution in [2.45, 2.75) is 38.1 Å². The van der Waals surface area contributed by atoms with Crippen molar-refractivity contribution in [3.8, 4) is 17.3 Å². The summed E-state index contributed by atoms with van der Waals surface area (Å²) < 4.78 is 2.90. The van der Waals surface area contributed by atoms with Gasteiger partial charge in [-0.1, -0.05) is 12.8 Å². The molecular weight excluding hydrogens is 304 g/mol. The highest BCUT2D eigenvalue weighted by atomic mass is 16.5. The zero-order chi connectivity index (χ0) is 16.5. The van der Waals surface area contributed by atoms with Gasteiger partial charge in [-0.15, -0.1) is 0 Å². The van der Waals surface area contributed by atoms with Crippen LogP contribution in [0.2, 0.25) is 0 Å². The Morgan fingerprint density at radius 2 is 2.17 bits per heavy atom. The molecule has 0 spiro atoms. The van der Waals surface area contributed by atoms with Gasteiger partial charge < -0.3 is 5.21 Å². The molecule has 1 aliphatic carbocycles. The van der Waals surface area contributed by atoms with Crippen LogP contribution in [0.3, 0.4) is 0 Å². The van der Waals surface area contributed by atoms with Gasteiger partial charge in [-0.3, -0.25) is 4.68 Å². The Morgan fingerprint density at radius 1 is 1.33 bits per heavy atom. The molecule has 7 heteroatoms. The average molecular weight is 322 g/mol. The molecule has 3 aromatic rings. The number of hydrogen-bond donors (Lipinski definition) is 1. The Bertz CT molecular complexity index is 899. The van der Waals surface area contributed by atoms with Crippen molar-refractivity contribution in [2.75, 3.05) is 0 Å². The highest BCUT2D eigenvalue weighted by molar-refractivity contribution is 5.90. The topological polar surface area (TPSA) is 92.5 Å². The van der Waals surface area contributed by atoms with Gasteiger partial charge in [-0.05, 0) is 24.8 Å². The summed E-state index contributed by atoms with van der Waals surface area (Å²) >= 11 is 0. The number of fused-ring (bicyclic) bond motifs is 1. The molecule has 4 rings (SSSR count). The summed E-state index contributed by atoms with van der Waals surface area (Å²) in [6, 6.07) is 4.20. The van der Waals surface area contributed by atoms with Crippen molar-refractivity contribution in [3.63, 3.8) is 0 Å². The van der Waals surface area contributed by atoms with E-state index < -0.39 is 0 Å². The molecule has 122 valence electrons. The lowest BCUT2D eigenvalue weighted by atomic mass is 9.96. The molecule has 0 saturated heterocycles. The number of aromatic nitrogens is 5. The van der Waals surface area contributed by atoms with E-state index in [1.54, 1.807) is 18.5 Å². The predicted octanol–water partition coefficient (Wildman–Crippen LogP) is 3.18. The fraction of sp³-hybridized carbons (Fsp3) is 0.412. The minimum Gasteiger partial charge on any atom is -0.427 e. The predicted molar refractivity (Wildman–Crippen MR) is 87.2 cm³/mol. The first-order chi connectivity index (χ1) is 11.8. The molecule has 24 heavy (non-hydrogen) atoms. The molecule has 3 heterocycles. The van der Waals surface area contributed by atoms with E-state index in [1.165, 1.54) is 19.2 Å². The maximum absolute atomic E-state index is 9.76. The maximum Gasteiger partial charge on any atom is 0.178 e. The summed E-state index contributed by atoms with van der Waals surface area (Å²) in [4.78, 5) is 8.45. The van der Waals surface area contributed by atoms with Gasteiger partial charge >= 0.3 is 0 Å². The Morgan fingerprint density at radius 3 is 2.96 bits per heavy atom. The van der Waals surface area contributed by atoms with Gasteiger partial charge in [0, 0.05) is 23.3 Å². The van der Waals surface area contributed by atoms with Crippen LogP contribution in [-0.4, -0.2) is 29.7 Å². The SMILES string of the molecule is N#CC[C@H](C1CCCC1)n1cc(-c2ncnc3c2ccn3O)cn1. The zero-order valence-electron chi connectivity index (χ0n) is 13.2. The summed E-state index contributed by atoms with van der Waals surface area (Å²) in [6.45, 7) is 0. The Balaban J connectivity index is 1.72. The third kappa shape index (κ3) is 2.40. The van der Waals surface area contributed by atoms with Crippen molar-refractivity contribution >= 4 is 11.0 Å². The smallest absolute Gasteiger partial charge is 0.178 e. The van der Waals surface area contributed by atoms with Crippen molar-refractivity contribution < 1.29 is 5.21 Å². The highest BCUT2D eigenvalue weighted by Crippen LogP contribution is 2.36. The van der Waals surface area contributed by atoms with E-state index >= 15 is 0 Å². The van der Waals surface area contributed by atoms with Gasteiger partial charge in [0.15, 0.2) is 5.65 Å². The van der Waals surface area contributed by atoms with Crippen LogP contribution < -0.4 is 0 Å². The van der Waals surface area contributed by atoms with Crippen LogP contribution in [-0.2, 0) is 0 Å². The van der Waals surface area contributed by atoms with Gasteiger partial charge in [0.05, 0.1) is 30.4 Å². The number of rotatable bonds is 4. The standard InChI is InChI=1S/C17H18N6O/c18-7-5-15(12-3-1-2-4-12)22-10-13(9-21-22)16-14-6-8-23(24)17(14)20-11-19-16/h6,8-12,15,24H,1-5H2/t15-/m1/s1. The van der Waals surface area contributed by atoms with Crippen LogP contribution in [0.15, 0.2) is 31.0 Å². The number of nitriles is 1. The fourth-order valence-corrected chi connectivity index (χ4v) is 3.72. The lowest BCUT2D eigenvalue weighted by molar-refractivity contribution is 0.198. The molecule has 0 radical (unpaired) electrons. The molecule has 7 nitrogen and oxygen atoms in total. The molecule has 1 atom stereocenters. The molecule has 1 fully saturated rings. The molecule has 0 amide bonds. The molecule has 1 aliphatic rings. The third-order valence-corrected chi connectivity index (χ3v) is 4.92. The normalized spacial score (nSPS) is 16.5. The van der Waals surface area contributed by atoms with Crippen LogP contribution in [0.1, 0.15) is 38.1 Å². The van der Waals surface area contributed by atoms with Crippen molar-refractivity contribution in [1.82, 2.24) is 24.5 Å². The molecule has 3 aromatic heterocycles. The van der Waals surface area contributed by atoms with Crippen molar-refractivity contribution in [1.29, 1.82) is 5.26 Å². The second kappa shape index (κ2) is 5.96. The first kappa shape index (κ1) is 14.7. The molecule has 0 aromatic carbocycles. The lowest BCUT2D eigenvalue weighted by Gasteiger charge is -2.21. The second-order valence-corrected chi connectivity index (χ2v) is 6.30. The molecule has 0 unspecified atom stereocenters. The second-order valence-electron chi connectivity index (χ2n) is 6.30. The summed E-state index contributed by atoms with van der Waals surface area (Å²) in [5, 5.41) is 24.2. The van der Waals surface area contributed by atoms with Gasteiger partial charge in [-0.25, -0.2) is 9.97 Å². The highest BCUT2D eigenvalue weighted by Gasteiger charge is 2.27. The van der Waals surface area contributed by atoms with Gasteiger partial charge in [0.25, 0.3) is 0 Å². The Labute approximate surface area is 139 Å². The summed E-state index contributed by atoms with van der Waals surface area (Å²) in [6.07, 6.45) is 12.0. The van der Waals surface area contributed by atoms with E-state index in [1.807, 2.05) is 10.9 Å². The molecule has 0 aliphatic heterocycles. The quantitative estimate of drug-likeness (QED) is 0.745. The van der Waals surface area contributed by atoms with Crippen LogP contribution in [0.25, 0.3) is 22.3 Å². The minimum absolute atomic E-state index is 0.117. The Hall–Kier alpha value is -2.88. The first-order valence-electron chi connectivity index (χ1n) is 8.20. The van der Waals surface area contributed by atoms with E-state index in [4.69, 9.17) is 0 Å².